The Bertz CT molecular complexity index is 512. The van der Waals surface area contributed by atoms with Crippen LogP contribution in [0.5, 0.6) is 5.88 Å². The quantitative estimate of drug-likeness (QED) is 0.739. The first-order valence-corrected chi connectivity index (χ1v) is 6.57. The number of fused-ring (bicyclic) bond motifs is 1. The van der Waals surface area contributed by atoms with Crippen LogP contribution in [-0.4, -0.2) is 41.2 Å². The molecule has 6 nitrogen and oxygen atoms in total. The van der Waals surface area contributed by atoms with E-state index in [1.54, 1.807) is 6.20 Å². The number of aromatic nitrogens is 3. The molecule has 2 aromatic rings. The fourth-order valence-corrected chi connectivity index (χ4v) is 1.67. The summed E-state index contributed by atoms with van der Waals surface area (Å²) in [5, 5.41) is 3.00. The first kappa shape index (κ1) is 13.6. The number of hydrogen-bond donors (Lipinski definition) is 1. The lowest BCUT2D eigenvalue weighted by Gasteiger charge is -2.09. The third-order valence-corrected chi connectivity index (χ3v) is 2.71. The summed E-state index contributed by atoms with van der Waals surface area (Å²) < 4.78 is 13.0. The summed E-state index contributed by atoms with van der Waals surface area (Å²) in [6, 6.07) is 0. The van der Waals surface area contributed by atoms with Gasteiger partial charge in [0.05, 0.1) is 12.8 Å². The minimum atomic E-state index is 0.479. The molecule has 19 heavy (non-hydrogen) atoms. The standard InChI is InChI=1S/C13H20N4O2/c1-3-4-7-18-8-9-19-13-12-15-5-6-17(12)10-11(14-2)16-13/h5-6,10,14H,3-4,7-9H2,1-2H3. The molecule has 0 fully saturated rings. The highest BCUT2D eigenvalue weighted by Gasteiger charge is 2.07. The molecule has 0 aromatic carbocycles. The van der Waals surface area contributed by atoms with E-state index < -0.39 is 0 Å². The van der Waals surface area contributed by atoms with Crippen LogP contribution in [0.25, 0.3) is 5.65 Å². The van der Waals surface area contributed by atoms with Gasteiger partial charge in [-0.25, -0.2) is 4.98 Å². The van der Waals surface area contributed by atoms with E-state index in [0.717, 1.165) is 25.3 Å². The van der Waals surface area contributed by atoms with Crippen LogP contribution in [0.1, 0.15) is 19.8 Å². The molecule has 0 unspecified atom stereocenters. The smallest absolute Gasteiger partial charge is 0.260 e. The van der Waals surface area contributed by atoms with Crippen molar-refractivity contribution < 1.29 is 9.47 Å². The summed E-state index contributed by atoms with van der Waals surface area (Å²) >= 11 is 0. The highest BCUT2D eigenvalue weighted by atomic mass is 16.5. The molecule has 0 spiro atoms. The Balaban J connectivity index is 1.93. The van der Waals surface area contributed by atoms with E-state index >= 15 is 0 Å². The molecule has 2 aromatic heterocycles. The van der Waals surface area contributed by atoms with Gasteiger partial charge in [-0.3, -0.25) is 4.40 Å². The van der Waals surface area contributed by atoms with Gasteiger partial charge in [-0.2, -0.15) is 4.98 Å². The number of nitrogens with zero attached hydrogens (tertiary/aromatic N) is 3. The lowest BCUT2D eigenvalue weighted by molar-refractivity contribution is 0.0969. The Morgan fingerprint density at radius 3 is 3.00 bits per heavy atom. The maximum absolute atomic E-state index is 5.64. The summed E-state index contributed by atoms with van der Waals surface area (Å²) in [5.41, 5.74) is 0.715. The molecule has 0 bridgehead atoms. The molecule has 0 radical (unpaired) electrons. The molecule has 0 aliphatic heterocycles. The van der Waals surface area contributed by atoms with Gasteiger partial charge >= 0.3 is 0 Å². The van der Waals surface area contributed by atoms with Crippen LogP contribution in [0.3, 0.4) is 0 Å². The Hall–Kier alpha value is -1.82. The number of imidazole rings is 1. The van der Waals surface area contributed by atoms with Gasteiger partial charge < -0.3 is 14.8 Å². The largest absolute Gasteiger partial charge is 0.473 e. The molecule has 0 saturated carbocycles. The summed E-state index contributed by atoms with van der Waals surface area (Å²) in [6.45, 7) is 3.97. The number of rotatable bonds is 8. The second-order valence-corrected chi connectivity index (χ2v) is 4.15. The van der Waals surface area contributed by atoms with Gasteiger partial charge in [0.25, 0.3) is 5.88 Å². The second kappa shape index (κ2) is 6.94. The highest BCUT2D eigenvalue weighted by Crippen LogP contribution is 2.18. The average molecular weight is 264 g/mol. The lowest BCUT2D eigenvalue weighted by atomic mass is 10.4. The van der Waals surface area contributed by atoms with Crippen LogP contribution < -0.4 is 10.1 Å². The molecular weight excluding hydrogens is 244 g/mol. The fourth-order valence-electron chi connectivity index (χ4n) is 1.67. The molecule has 0 aliphatic carbocycles. The zero-order valence-corrected chi connectivity index (χ0v) is 11.4. The maximum atomic E-state index is 5.64. The van der Waals surface area contributed by atoms with E-state index in [1.807, 2.05) is 23.8 Å². The first-order valence-electron chi connectivity index (χ1n) is 6.57. The normalized spacial score (nSPS) is 10.8. The van der Waals surface area contributed by atoms with Crippen molar-refractivity contribution in [3.8, 4) is 5.88 Å². The van der Waals surface area contributed by atoms with Gasteiger partial charge in [0, 0.05) is 26.0 Å². The summed E-state index contributed by atoms with van der Waals surface area (Å²) in [4.78, 5) is 8.58. The van der Waals surface area contributed by atoms with Gasteiger partial charge in [-0.1, -0.05) is 13.3 Å². The predicted octanol–water partition coefficient (Wildman–Crippen LogP) is 1.97. The third-order valence-electron chi connectivity index (χ3n) is 2.71. The van der Waals surface area contributed by atoms with Crippen LogP contribution >= 0.6 is 0 Å². The molecule has 1 N–H and O–H groups in total. The van der Waals surface area contributed by atoms with E-state index in [4.69, 9.17) is 9.47 Å². The average Bonchev–Trinajstić information content (AvgIpc) is 2.90. The zero-order valence-electron chi connectivity index (χ0n) is 11.4. The summed E-state index contributed by atoms with van der Waals surface area (Å²) in [6.07, 6.45) is 7.68. The van der Waals surface area contributed by atoms with Crippen LogP contribution in [0.2, 0.25) is 0 Å². The molecule has 0 saturated heterocycles. The van der Waals surface area contributed by atoms with Crippen molar-refractivity contribution in [1.82, 2.24) is 14.4 Å². The van der Waals surface area contributed by atoms with Crippen molar-refractivity contribution >= 4 is 11.5 Å². The van der Waals surface area contributed by atoms with Crippen molar-refractivity contribution in [3.05, 3.63) is 18.6 Å². The number of ether oxygens (including phenoxy) is 2. The zero-order chi connectivity index (χ0) is 13.5. The van der Waals surface area contributed by atoms with Crippen LogP contribution in [0.15, 0.2) is 18.6 Å². The van der Waals surface area contributed by atoms with Crippen LogP contribution in [-0.2, 0) is 4.74 Å². The molecule has 6 heteroatoms. The minimum absolute atomic E-state index is 0.479. The Labute approximate surface area is 112 Å². The number of unbranched alkanes of at least 4 members (excludes halogenated alkanes) is 1. The van der Waals surface area contributed by atoms with Crippen molar-refractivity contribution in [1.29, 1.82) is 0 Å². The molecule has 0 atom stereocenters. The Kier molecular flexibility index (Phi) is 4.97. The second-order valence-electron chi connectivity index (χ2n) is 4.15. The number of nitrogens with one attached hydrogen (secondary N) is 1. The molecule has 0 amide bonds. The molecule has 0 aliphatic rings. The molecule has 2 heterocycles. The van der Waals surface area contributed by atoms with Gasteiger partial charge in [0.1, 0.15) is 12.4 Å². The molecular formula is C13H20N4O2. The molecule has 2 rings (SSSR count). The summed E-state index contributed by atoms with van der Waals surface area (Å²) in [5.74, 6) is 1.27. The fraction of sp³-hybridized carbons (Fsp3) is 0.538. The highest BCUT2D eigenvalue weighted by molar-refractivity contribution is 5.53. The van der Waals surface area contributed by atoms with E-state index in [1.165, 1.54) is 0 Å². The van der Waals surface area contributed by atoms with Gasteiger partial charge in [0.15, 0.2) is 0 Å². The van der Waals surface area contributed by atoms with Crippen molar-refractivity contribution in [2.45, 2.75) is 19.8 Å². The Morgan fingerprint density at radius 1 is 1.32 bits per heavy atom. The van der Waals surface area contributed by atoms with E-state index in [2.05, 4.69) is 22.2 Å². The predicted molar refractivity (Wildman–Crippen MR) is 73.8 cm³/mol. The van der Waals surface area contributed by atoms with Gasteiger partial charge in [0.2, 0.25) is 5.65 Å². The Morgan fingerprint density at radius 2 is 2.21 bits per heavy atom. The third kappa shape index (κ3) is 3.57. The maximum Gasteiger partial charge on any atom is 0.260 e. The van der Waals surface area contributed by atoms with Gasteiger partial charge in [-0.05, 0) is 6.42 Å². The molecule has 104 valence electrons. The lowest BCUT2D eigenvalue weighted by Crippen LogP contribution is -2.10. The van der Waals surface area contributed by atoms with Gasteiger partial charge in [-0.15, -0.1) is 0 Å². The number of anilines is 1. The van der Waals surface area contributed by atoms with E-state index in [0.29, 0.717) is 24.7 Å². The van der Waals surface area contributed by atoms with Crippen LogP contribution in [0, 0.1) is 0 Å². The van der Waals surface area contributed by atoms with Crippen LogP contribution in [0.4, 0.5) is 5.82 Å². The van der Waals surface area contributed by atoms with Crippen molar-refractivity contribution in [3.63, 3.8) is 0 Å². The van der Waals surface area contributed by atoms with Crippen molar-refractivity contribution in [2.24, 2.45) is 0 Å². The van der Waals surface area contributed by atoms with E-state index in [9.17, 15) is 0 Å². The van der Waals surface area contributed by atoms with E-state index in [-0.39, 0.29) is 0 Å². The number of hydrogen-bond acceptors (Lipinski definition) is 5. The minimum Gasteiger partial charge on any atom is -0.473 e. The van der Waals surface area contributed by atoms with Crippen molar-refractivity contribution in [2.75, 3.05) is 32.2 Å². The first-order chi connectivity index (χ1) is 9.35. The SMILES string of the molecule is CCCCOCCOc1nc(NC)cn2ccnc12. The topological polar surface area (TPSA) is 60.7 Å². The summed E-state index contributed by atoms with van der Waals surface area (Å²) in [7, 11) is 1.82. The monoisotopic (exact) mass is 264 g/mol.